The minimum atomic E-state index is 0.664. The zero-order valence-corrected chi connectivity index (χ0v) is 10.7. The monoisotopic (exact) mass is 226 g/mol. The average Bonchev–Trinajstić information content (AvgIpc) is 3.08. The number of unbranched alkanes of at least 4 members (excludes halogenated alkanes) is 1. The highest BCUT2D eigenvalue weighted by molar-refractivity contribution is 4.94. The molecule has 0 amide bonds. The second-order valence-electron chi connectivity index (χ2n) is 5.41. The van der Waals surface area contributed by atoms with Crippen molar-refractivity contribution >= 4 is 0 Å². The van der Waals surface area contributed by atoms with Crippen molar-refractivity contribution < 1.29 is 4.74 Å². The van der Waals surface area contributed by atoms with E-state index in [-0.39, 0.29) is 0 Å². The summed E-state index contributed by atoms with van der Waals surface area (Å²) >= 11 is 0. The lowest BCUT2D eigenvalue weighted by Crippen LogP contribution is -2.56. The van der Waals surface area contributed by atoms with Crippen molar-refractivity contribution in [2.75, 3.05) is 33.4 Å². The van der Waals surface area contributed by atoms with E-state index in [1.165, 1.54) is 45.3 Å². The molecule has 2 rings (SSSR count). The molecule has 0 aromatic carbocycles. The zero-order chi connectivity index (χ0) is 11.4. The molecule has 2 fully saturated rings. The predicted octanol–water partition coefficient (Wildman–Crippen LogP) is 1.49. The van der Waals surface area contributed by atoms with Crippen molar-refractivity contribution in [3.63, 3.8) is 0 Å². The van der Waals surface area contributed by atoms with Gasteiger partial charge in [-0.3, -0.25) is 4.90 Å². The number of rotatable bonds is 6. The fraction of sp³-hybridized carbons (Fsp3) is 1.00. The van der Waals surface area contributed by atoms with Gasteiger partial charge in [0.15, 0.2) is 0 Å². The normalized spacial score (nSPS) is 31.9. The Hall–Kier alpha value is -0.120. The summed E-state index contributed by atoms with van der Waals surface area (Å²) < 4.78 is 5.11. The van der Waals surface area contributed by atoms with Gasteiger partial charge < -0.3 is 10.1 Å². The van der Waals surface area contributed by atoms with Crippen LogP contribution < -0.4 is 5.32 Å². The second-order valence-corrected chi connectivity index (χ2v) is 5.41. The molecule has 1 heterocycles. The number of methoxy groups -OCH3 is 1. The van der Waals surface area contributed by atoms with Gasteiger partial charge in [-0.2, -0.15) is 0 Å². The van der Waals surface area contributed by atoms with Crippen LogP contribution in [0.3, 0.4) is 0 Å². The SMILES string of the molecule is COCCCCN1CC(C)NCC1C1CC1. The van der Waals surface area contributed by atoms with E-state index in [1.807, 2.05) is 0 Å². The third kappa shape index (κ3) is 3.44. The maximum Gasteiger partial charge on any atom is 0.0462 e. The summed E-state index contributed by atoms with van der Waals surface area (Å²) in [4.78, 5) is 2.72. The topological polar surface area (TPSA) is 24.5 Å². The first-order chi connectivity index (χ1) is 7.81. The van der Waals surface area contributed by atoms with E-state index in [9.17, 15) is 0 Å². The highest BCUT2D eigenvalue weighted by atomic mass is 16.5. The van der Waals surface area contributed by atoms with Crippen molar-refractivity contribution in [3.8, 4) is 0 Å². The van der Waals surface area contributed by atoms with Crippen molar-refractivity contribution in [1.82, 2.24) is 10.2 Å². The third-order valence-electron chi connectivity index (χ3n) is 3.86. The Morgan fingerprint density at radius 1 is 1.31 bits per heavy atom. The van der Waals surface area contributed by atoms with Gasteiger partial charge in [-0.1, -0.05) is 0 Å². The Morgan fingerprint density at radius 3 is 2.81 bits per heavy atom. The van der Waals surface area contributed by atoms with E-state index in [0.717, 1.165) is 18.6 Å². The number of nitrogens with zero attached hydrogens (tertiary/aromatic N) is 1. The Bertz CT molecular complexity index is 206. The van der Waals surface area contributed by atoms with Crippen LogP contribution in [0.5, 0.6) is 0 Å². The molecule has 3 heteroatoms. The average molecular weight is 226 g/mol. The molecule has 0 aromatic heterocycles. The molecule has 0 radical (unpaired) electrons. The van der Waals surface area contributed by atoms with Crippen molar-refractivity contribution in [1.29, 1.82) is 0 Å². The summed E-state index contributed by atoms with van der Waals surface area (Å²) in [6, 6.07) is 1.48. The van der Waals surface area contributed by atoms with E-state index in [0.29, 0.717) is 6.04 Å². The first-order valence-corrected chi connectivity index (χ1v) is 6.77. The number of hydrogen-bond acceptors (Lipinski definition) is 3. The summed E-state index contributed by atoms with van der Waals surface area (Å²) in [5.74, 6) is 0.988. The Balaban J connectivity index is 1.73. The second kappa shape index (κ2) is 5.99. The molecular formula is C13H26N2O. The summed E-state index contributed by atoms with van der Waals surface area (Å²) in [7, 11) is 1.79. The minimum absolute atomic E-state index is 0.664. The standard InChI is InChI=1S/C13H26N2O/c1-11-10-15(7-3-4-8-16-2)13(9-14-11)12-5-6-12/h11-14H,3-10H2,1-2H3. The highest BCUT2D eigenvalue weighted by Crippen LogP contribution is 2.36. The molecular weight excluding hydrogens is 200 g/mol. The van der Waals surface area contributed by atoms with Crippen LogP contribution in [0.4, 0.5) is 0 Å². The molecule has 0 bridgehead atoms. The smallest absolute Gasteiger partial charge is 0.0462 e. The van der Waals surface area contributed by atoms with E-state index < -0.39 is 0 Å². The Labute approximate surface area is 99.5 Å². The maximum atomic E-state index is 5.11. The van der Waals surface area contributed by atoms with E-state index in [2.05, 4.69) is 17.1 Å². The van der Waals surface area contributed by atoms with Crippen LogP contribution in [0.15, 0.2) is 0 Å². The Kier molecular flexibility index (Phi) is 4.62. The molecule has 1 saturated heterocycles. The van der Waals surface area contributed by atoms with Gasteiger partial charge in [0.1, 0.15) is 0 Å². The van der Waals surface area contributed by atoms with Crippen LogP contribution in [0.1, 0.15) is 32.6 Å². The molecule has 1 aliphatic carbocycles. The number of nitrogens with one attached hydrogen (secondary N) is 1. The Morgan fingerprint density at radius 2 is 2.12 bits per heavy atom. The summed E-state index contributed by atoms with van der Waals surface area (Å²) in [5, 5.41) is 3.62. The van der Waals surface area contributed by atoms with Crippen molar-refractivity contribution in [3.05, 3.63) is 0 Å². The van der Waals surface area contributed by atoms with Crippen molar-refractivity contribution in [2.24, 2.45) is 5.92 Å². The van der Waals surface area contributed by atoms with Crippen LogP contribution in [0, 0.1) is 5.92 Å². The van der Waals surface area contributed by atoms with Crippen LogP contribution in [0.2, 0.25) is 0 Å². The lowest BCUT2D eigenvalue weighted by Gasteiger charge is -2.39. The zero-order valence-electron chi connectivity index (χ0n) is 10.7. The molecule has 2 aliphatic rings. The van der Waals surface area contributed by atoms with Crippen LogP contribution in [-0.2, 0) is 4.74 Å². The fourth-order valence-corrected chi connectivity index (χ4v) is 2.77. The summed E-state index contributed by atoms with van der Waals surface area (Å²) in [6.07, 6.45) is 5.39. The molecule has 2 unspecified atom stereocenters. The van der Waals surface area contributed by atoms with Gasteiger partial charge in [0.05, 0.1) is 0 Å². The van der Waals surface area contributed by atoms with Gasteiger partial charge in [-0.15, -0.1) is 0 Å². The first-order valence-electron chi connectivity index (χ1n) is 6.77. The lowest BCUT2D eigenvalue weighted by molar-refractivity contribution is 0.112. The van der Waals surface area contributed by atoms with Crippen LogP contribution >= 0.6 is 0 Å². The van der Waals surface area contributed by atoms with Crippen LogP contribution in [-0.4, -0.2) is 50.3 Å². The predicted molar refractivity (Wildman–Crippen MR) is 66.7 cm³/mol. The van der Waals surface area contributed by atoms with E-state index in [1.54, 1.807) is 7.11 Å². The molecule has 0 spiro atoms. The summed E-state index contributed by atoms with van der Waals surface area (Å²) in [5.41, 5.74) is 0. The van der Waals surface area contributed by atoms with Gasteiger partial charge in [0.25, 0.3) is 0 Å². The van der Waals surface area contributed by atoms with E-state index in [4.69, 9.17) is 4.74 Å². The molecule has 16 heavy (non-hydrogen) atoms. The molecule has 1 N–H and O–H groups in total. The van der Waals surface area contributed by atoms with Crippen molar-refractivity contribution in [2.45, 2.75) is 44.7 Å². The van der Waals surface area contributed by atoms with E-state index >= 15 is 0 Å². The van der Waals surface area contributed by atoms with Crippen LogP contribution in [0.25, 0.3) is 0 Å². The fourth-order valence-electron chi connectivity index (χ4n) is 2.77. The lowest BCUT2D eigenvalue weighted by atomic mass is 10.0. The quantitative estimate of drug-likeness (QED) is 0.694. The third-order valence-corrected chi connectivity index (χ3v) is 3.86. The highest BCUT2D eigenvalue weighted by Gasteiger charge is 2.37. The first kappa shape index (κ1) is 12.3. The van der Waals surface area contributed by atoms with Gasteiger partial charge in [0.2, 0.25) is 0 Å². The molecule has 1 saturated carbocycles. The molecule has 0 aromatic rings. The maximum absolute atomic E-state index is 5.11. The van der Waals surface area contributed by atoms with Gasteiger partial charge in [-0.25, -0.2) is 0 Å². The van der Waals surface area contributed by atoms with Gasteiger partial charge in [-0.05, 0) is 45.1 Å². The number of piperazine rings is 1. The number of ether oxygens (including phenoxy) is 1. The molecule has 2 atom stereocenters. The van der Waals surface area contributed by atoms with Gasteiger partial charge in [0, 0.05) is 38.9 Å². The van der Waals surface area contributed by atoms with Gasteiger partial charge >= 0.3 is 0 Å². The summed E-state index contributed by atoms with van der Waals surface area (Å²) in [6.45, 7) is 6.90. The molecule has 3 nitrogen and oxygen atoms in total. The largest absolute Gasteiger partial charge is 0.385 e. The minimum Gasteiger partial charge on any atom is -0.385 e. The molecule has 94 valence electrons. The molecule has 1 aliphatic heterocycles. The number of hydrogen-bond donors (Lipinski definition) is 1.